The fourth-order valence-electron chi connectivity index (χ4n) is 1.67. The van der Waals surface area contributed by atoms with Gasteiger partial charge in [-0.25, -0.2) is 0 Å². The summed E-state index contributed by atoms with van der Waals surface area (Å²) in [6.45, 7) is 0.266. The van der Waals surface area contributed by atoms with E-state index in [9.17, 15) is 0 Å². The van der Waals surface area contributed by atoms with Crippen LogP contribution in [0.3, 0.4) is 0 Å². The lowest BCUT2D eigenvalue weighted by molar-refractivity contribution is 0.284. The first-order valence-corrected chi connectivity index (χ1v) is 6.55. The molecule has 0 fully saturated rings. The Hall–Kier alpha value is -1.89. The molecule has 0 amide bonds. The van der Waals surface area contributed by atoms with Crippen molar-refractivity contribution in [1.82, 2.24) is 0 Å². The Morgan fingerprint density at radius 3 is 2.65 bits per heavy atom. The average Bonchev–Trinajstić information content (AvgIpc) is 2.48. The molecule has 0 atom stereocenters. The third kappa shape index (κ3) is 3.16. The second-order valence-corrected chi connectivity index (χ2v) is 4.76. The molecule has 0 radical (unpaired) electrons. The van der Waals surface area contributed by atoms with E-state index in [-0.39, 0.29) is 6.61 Å². The first-order chi connectivity index (χ1) is 9.65. The predicted molar refractivity (Wildman–Crippen MR) is 78.5 cm³/mol. The fraction of sp³-hybridized carbons (Fsp3) is 0.133. The summed E-state index contributed by atoms with van der Waals surface area (Å²) in [5.74, 6) is 1.05. The molecule has 0 saturated heterocycles. The molecule has 0 aliphatic rings. The quantitative estimate of drug-likeness (QED) is 0.838. The van der Waals surface area contributed by atoms with Crippen LogP contribution in [0.4, 0.5) is 0 Å². The number of ether oxygens (including phenoxy) is 2. The maximum absolute atomic E-state index is 8.84. The van der Waals surface area contributed by atoms with Gasteiger partial charge < -0.3 is 9.47 Å². The monoisotopic (exact) mass is 307 g/mol. The summed E-state index contributed by atoms with van der Waals surface area (Å²) in [6.07, 6.45) is 0. The van der Waals surface area contributed by atoms with Crippen molar-refractivity contribution in [2.24, 2.45) is 0 Å². The first kappa shape index (κ1) is 14.5. The maximum atomic E-state index is 8.84. The molecule has 0 saturated carbocycles. The van der Waals surface area contributed by atoms with Crippen LogP contribution in [-0.2, 0) is 6.61 Å². The number of rotatable bonds is 4. The summed E-state index contributed by atoms with van der Waals surface area (Å²) < 4.78 is 10.9. The van der Waals surface area contributed by atoms with Gasteiger partial charge in [-0.3, -0.25) is 0 Å². The Morgan fingerprint density at radius 1 is 1.15 bits per heavy atom. The number of hydrogen-bond acceptors (Lipinski definition) is 3. The van der Waals surface area contributed by atoms with E-state index >= 15 is 0 Å². The maximum Gasteiger partial charge on any atom is 0.162 e. The average molecular weight is 308 g/mol. The highest BCUT2D eigenvalue weighted by Crippen LogP contribution is 2.31. The van der Waals surface area contributed by atoms with Gasteiger partial charge in [0, 0.05) is 11.6 Å². The van der Waals surface area contributed by atoms with Crippen LogP contribution < -0.4 is 9.47 Å². The third-order valence-corrected chi connectivity index (χ3v) is 3.57. The highest BCUT2D eigenvalue weighted by atomic mass is 35.5. The Balaban J connectivity index is 2.19. The Bertz CT molecular complexity index is 665. The second-order valence-electron chi connectivity index (χ2n) is 3.98. The van der Waals surface area contributed by atoms with E-state index < -0.39 is 0 Å². The van der Waals surface area contributed by atoms with Crippen molar-refractivity contribution in [3.63, 3.8) is 0 Å². The molecule has 102 valence electrons. The lowest BCUT2D eigenvalue weighted by Crippen LogP contribution is -1.99. The van der Waals surface area contributed by atoms with Crippen LogP contribution in [0.2, 0.25) is 10.0 Å². The SMILES string of the molecule is COc1cc(C#N)ccc1OCc1cccc(Cl)c1Cl. The number of nitrogens with zero attached hydrogens (tertiary/aromatic N) is 1. The van der Waals surface area contributed by atoms with Crippen LogP contribution in [0, 0.1) is 11.3 Å². The minimum Gasteiger partial charge on any atom is -0.493 e. The molecule has 0 bridgehead atoms. The topological polar surface area (TPSA) is 42.2 Å². The molecule has 0 N–H and O–H groups in total. The lowest BCUT2D eigenvalue weighted by atomic mass is 10.2. The van der Waals surface area contributed by atoms with E-state index in [1.54, 1.807) is 24.3 Å². The van der Waals surface area contributed by atoms with Gasteiger partial charge in [-0.15, -0.1) is 0 Å². The number of benzene rings is 2. The summed E-state index contributed by atoms with van der Waals surface area (Å²) in [7, 11) is 1.52. The molecule has 2 aromatic rings. The number of methoxy groups -OCH3 is 1. The highest BCUT2D eigenvalue weighted by Gasteiger charge is 2.09. The standard InChI is InChI=1S/C15H11Cl2NO2/c1-19-14-7-10(8-18)5-6-13(14)20-9-11-3-2-4-12(16)15(11)17/h2-7H,9H2,1H3. The lowest BCUT2D eigenvalue weighted by Gasteiger charge is -2.12. The first-order valence-electron chi connectivity index (χ1n) is 5.79. The second kappa shape index (κ2) is 6.51. The van der Waals surface area contributed by atoms with Gasteiger partial charge in [0.15, 0.2) is 11.5 Å². The van der Waals surface area contributed by atoms with Gasteiger partial charge in [0.1, 0.15) is 6.61 Å². The Morgan fingerprint density at radius 2 is 1.95 bits per heavy atom. The molecule has 5 heteroatoms. The molecule has 2 rings (SSSR count). The fourth-order valence-corrected chi connectivity index (χ4v) is 2.05. The van der Waals surface area contributed by atoms with Crippen LogP contribution in [0.15, 0.2) is 36.4 Å². The molecule has 0 aliphatic carbocycles. The number of hydrogen-bond donors (Lipinski definition) is 0. The smallest absolute Gasteiger partial charge is 0.162 e. The molecular formula is C15H11Cl2NO2. The van der Waals surface area contributed by atoms with E-state index in [1.165, 1.54) is 7.11 Å². The summed E-state index contributed by atoms with van der Waals surface area (Å²) >= 11 is 12.0. The van der Waals surface area contributed by atoms with Crippen molar-refractivity contribution in [2.75, 3.05) is 7.11 Å². The van der Waals surface area contributed by atoms with Crippen molar-refractivity contribution >= 4 is 23.2 Å². The summed E-state index contributed by atoms with van der Waals surface area (Å²) in [4.78, 5) is 0. The van der Waals surface area contributed by atoms with E-state index in [2.05, 4.69) is 0 Å². The largest absolute Gasteiger partial charge is 0.493 e. The molecule has 0 heterocycles. The molecular weight excluding hydrogens is 297 g/mol. The van der Waals surface area contributed by atoms with Crippen LogP contribution in [0.25, 0.3) is 0 Å². The molecule has 0 aromatic heterocycles. The normalized spacial score (nSPS) is 9.90. The zero-order valence-electron chi connectivity index (χ0n) is 10.7. The van der Waals surface area contributed by atoms with Crippen LogP contribution in [-0.4, -0.2) is 7.11 Å². The molecule has 20 heavy (non-hydrogen) atoms. The van der Waals surface area contributed by atoms with Crippen molar-refractivity contribution in [3.05, 3.63) is 57.6 Å². The Kier molecular flexibility index (Phi) is 4.73. The van der Waals surface area contributed by atoms with Crippen LogP contribution in [0.1, 0.15) is 11.1 Å². The van der Waals surface area contributed by atoms with E-state index in [0.717, 1.165) is 5.56 Å². The minimum absolute atomic E-state index is 0.266. The molecule has 2 aromatic carbocycles. The van der Waals surface area contributed by atoms with Gasteiger partial charge in [0.25, 0.3) is 0 Å². The zero-order valence-corrected chi connectivity index (χ0v) is 12.2. The molecule has 0 aliphatic heterocycles. The zero-order chi connectivity index (χ0) is 14.5. The predicted octanol–water partition coefficient (Wildman–Crippen LogP) is 4.45. The summed E-state index contributed by atoms with van der Waals surface area (Å²) in [5, 5.41) is 9.80. The molecule has 0 spiro atoms. The van der Waals surface area contributed by atoms with Crippen molar-refractivity contribution in [1.29, 1.82) is 5.26 Å². The van der Waals surface area contributed by atoms with Gasteiger partial charge in [-0.05, 0) is 18.2 Å². The minimum atomic E-state index is 0.266. The van der Waals surface area contributed by atoms with Gasteiger partial charge in [-0.1, -0.05) is 35.3 Å². The van der Waals surface area contributed by atoms with Gasteiger partial charge in [0.2, 0.25) is 0 Å². The summed E-state index contributed by atoms with van der Waals surface area (Å²) in [6, 6.07) is 12.4. The molecule has 3 nitrogen and oxygen atoms in total. The number of nitriles is 1. The highest BCUT2D eigenvalue weighted by molar-refractivity contribution is 6.42. The summed E-state index contributed by atoms with van der Waals surface area (Å²) in [5.41, 5.74) is 1.29. The van der Waals surface area contributed by atoms with Gasteiger partial charge in [0.05, 0.1) is 28.8 Å². The molecule has 0 unspecified atom stereocenters. The third-order valence-electron chi connectivity index (χ3n) is 2.71. The Labute approximate surface area is 127 Å². The van der Waals surface area contributed by atoms with Gasteiger partial charge in [-0.2, -0.15) is 5.26 Å². The van der Waals surface area contributed by atoms with Crippen molar-refractivity contribution < 1.29 is 9.47 Å². The van der Waals surface area contributed by atoms with Gasteiger partial charge >= 0.3 is 0 Å². The van der Waals surface area contributed by atoms with Crippen LogP contribution >= 0.6 is 23.2 Å². The van der Waals surface area contributed by atoms with E-state index in [0.29, 0.717) is 27.1 Å². The number of halogens is 2. The van der Waals surface area contributed by atoms with Crippen molar-refractivity contribution in [2.45, 2.75) is 6.61 Å². The van der Waals surface area contributed by atoms with Crippen molar-refractivity contribution in [3.8, 4) is 17.6 Å². The van der Waals surface area contributed by atoms with Crippen LogP contribution in [0.5, 0.6) is 11.5 Å². The van der Waals surface area contributed by atoms with E-state index in [1.807, 2.05) is 18.2 Å². The van der Waals surface area contributed by atoms with E-state index in [4.69, 9.17) is 37.9 Å².